The molecule has 0 unspecified atom stereocenters. The molecule has 0 aromatic heterocycles. The fraction of sp³-hybridized carbons (Fsp3) is 0.467. The molecule has 0 fully saturated rings. The van der Waals surface area contributed by atoms with Crippen molar-refractivity contribution in [2.75, 3.05) is 11.9 Å². The summed E-state index contributed by atoms with van der Waals surface area (Å²) in [5.41, 5.74) is 0.0427. The largest absolute Gasteiger partial charge is 0.481 e. The normalized spacial score (nSPS) is 11.0. The van der Waals surface area contributed by atoms with Gasteiger partial charge >= 0.3 is 12.0 Å². The van der Waals surface area contributed by atoms with Crippen molar-refractivity contribution in [1.29, 1.82) is 0 Å². The quantitative estimate of drug-likeness (QED) is 0.754. The third kappa shape index (κ3) is 4.44. The summed E-state index contributed by atoms with van der Waals surface area (Å²) in [7, 11) is 0. The number of hydrogen-bond donors (Lipinski definition) is 3. The van der Waals surface area contributed by atoms with Crippen LogP contribution in [-0.4, -0.2) is 23.7 Å². The Hall–Kier alpha value is -2.11. The summed E-state index contributed by atoms with van der Waals surface area (Å²) in [6.07, 6.45) is 0.830. The van der Waals surface area contributed by atoms with Crippen LogP contribution in [0, 0.1) is 18.2 Å². The van der Waals surface area contributed by atoms with Crippen LogP contribution in [0.4, 0.5) is 14.9 Å². The van der Waals surface area contributed by atoms with E-state index in [0.29, 0.717) is 24.1 Å². The molecule has 5 nitrogen and oxygen atoms in total. The minimum absolute atomic E-state index is 0.0233. The van der Waals surface area contributed by atoms with Crippen molar-refractivity contribution in [2.24, 2.45) is 5.41 Å². The number of benzene rings is 1. The number of carboxylic acid groups (broad SMARTS) is 1. The van der Waals surface area contributed by atoms with Crippen LogP contribution in [0.5, 0.6) is 0 Å². The van der Waals surface area contributed by atoms with Gasteiger partial charge in [-0.25, -0.2) is 9.18 Å². The maximum absolute atomic E-state index is 13.2. The van der Waals surface area contributed by atoms with E-state index in [-0.39, 0.29) is 6.54 Å². The highest BCUT2D eigenvalue weighted by Crippen LogP contribution is 2.25. The summed E-state index contributed by atoms with van der Waals surface area (Å²) in [5.74, 6) is -1.37. The minimum Gasteiger partial charge on any atom is -0.481 e. The summed E-state index contributed by atoms with van der Waals surface area (Å²) < 4.78 is 13.2. The first-order valence-corrected chi connectivity index (χ1v) is 6.88. The lowest BCUT2D eigenvalue weighted by Crippen LogP contribution is -2.43. The Morgan fingerprint density at radius 3 is 2.33 bits per heavy atom. The van der Waals surface area contributed by atoms with Gasteiger partial charge in [-0.3, -0.25) is 4.79 Å². The molecule has 0 heterocycles. The van der Waals surface area contributed by atoms with Crippen LogP contribution in [0.15, 0.2) is 18.2 Å². The third-order valence-corrected chi connectivity index (χ3v) is 3.69. The van der Waals surface area contributed by atoms with Gasteiger partial charge in [-0.1, -0.05) is 13.8 Å². The topological polar surface area (TPSA) is 78.4 Å². The zero-order valence-corrected chi connectivity index (χ0v) is 12.5. The second-order valence-corrected chi connectivity index (χ2v) is 5.12. The van der Waals surface area contributed by atoms with Gasteiger partial charge in [-0.05, 0) is 43.5 Å². The van der Waals surface area contributed by atoms with Gasteiger partial charge < -0.3 is 15.7 Å². The van der Waals surface area contributed by atoms with Crippen molar-refractivity contribution in [2.45, 2.75) is 33.6 Å². The number of urea groups is 1. The van der Waals surface area contributed by atoms with Crippen LogP contribution >= 0.6 is 0 Å². The summed E-state index contributed by atoms with van der Waals surface area (Å²) in [6, 6.07) is 3.64. The zero-order valence-electron chi connectivity index (χ0n) is 12.5. The van der Waals surface area contributed by atoms with Crippen molar-refractivity contribution in [3.63, 3.8) is 0 Å². The molecule has 1 rings (SSSR count). The average Bonchev–Trinajstić information content (AvgIpc) is 2.38. The smallest absolute Gasteiger partial charge is 0.319 e. The van der Waals surface area contributed by atoms with Crippen LogP contribution in [0.1, 0.15) is 32.3 Å². The van der Waals surface area contributed by atoms with Crippen molar-refractivity contribution in [3.8, 4) is 0 Å². The molecule has 0 aliphatic heterocycles. The molecule has 1 aromatic carbocycles. The number of carboxylic acids is 1. The Bertz CT molecular complexity index is 507. The molecule has 0 saturated heterocycles. The molecular formula is C15H21FN2O3. The second-order valence-electron chi connectivity index (χ2n) is 5.12. The van der Waals surface area contributed by atoms with E-state index >= 15 is 0 Å². The van der Waals surface area contributed by atoms with Crippen LogP contribution < -0.4 is 10.6 Å². The summed E-state index contributed by atoms with van der Waals surface area (Å²) in [4.78, 5) is 23.1. The van der Waals surface area contributed by atoms with Gasteiger partial charge in [0.15, 0.2) is 0 Å². The van der Waals surface area contributed by atoms with E-state index in [1.165, 1.54) is 12.1 Å². The Balaban J connectivity index is 2.67. The molecular weight excluding hydrogens is 275 g/mol. The van der Waals surface area contributed by atoms with E-state index in [4.69, 9.17) is 0 Å². The van der Waals surface area contributed by atoms with E-state index in [1.807, 2.05) is 0 Å². The molecule has 116 valence electrons. The van der Waals surface area contributed by atoms with Gasteiger partial charge in [0.2, 0.25) is 0 Å². The number of rotatable bonds is 6. The Kier molecular flexibility index (Phi) is 5.69. The fourth-order valence-corrected chi connectivity index (χ4v) is 2.11. The third-order valence-electron chi connectivity index (χ3n) is 3.69. The Morgan fingerprint density at radius 2 is 1.86 bits per heavy atom. The fourth-order valence-electron chi connectivity index (χ4n) is 2.11. The second kappa shape index (κ2) is 7.06. The first-order chi connectivity index (χ1) is 9.82. The number of nitrogens with one attached hydrogen (secondary N) is 2. The Morgan fingerprint density at radius 1 is 1.24 bits per heavy atom. The van der Waals surface area contributed by atoms with Crippen LogP contribution in [0.25, 0.3) is 0 Å². The maximum Gasteiger partial charge on any atom is 0.319 e. The number of carbonyl (C=O) groups excluding carboxylic acids is 1. The number of halogens is 1. The van der Waals surface area contributed by atoms with Gasteiger partial charge in [0.05, 0.1) is 5.41 Å². The first kappa shape index (κ1) is 16.9. The van der Waals surface area contributed by atoms with Crippen molar-refractivity contribution >= 4 is 17.7 Å². The number of aliphatic carboxylic acids is 1. The average molecular weight is 296 g/mol. The molecule has 0 spiro atoms. The van der Waals surface area contributed by atoms with E-state index in [9.17, 15) is 19.1 Å². The van der Waals surface area contributed by atoms with Crippen molar-refractivity contribution in [1.82, 2.24) is 5.32 Å². The van der Waals surface area contributed by atoms with Crippen molar-refractivity contribution < 1.29 is 19.1 Å². The summed E-state index contributed by atoms with van der Waals surface area (Å²) >= 11 is 0. The van der Waals surface area contributed by atoms with Gasteiger partial charge in [0, 0.05) is 12.2 Å². The first-order valence-electron chi connectivity index (χ1n) is 6.88. The highest BCUT2D eigenvalue weighted by atomic mass is 19.1. The Labute approximate surface area is 123 Å². The molecule has 21 heavy (non-hydrogen) atoms. The number of aryl methyl sites for hydroxylation is 1. The molecule has 0 aliphatic rings. The van der Waals surface area contributed by atoms with Gasteiger partial charge in [0.25, 0.3) is 0 Å². The predicted octanol–water partition coefficient (Wildman–Crippen LogP) is 3.15. The minimum atomic E-state index is -0.977. The zero-order chi connectivity index (χ0) is 16.0. The van der Waals surface area contributed by atoms with E-state index in [2.05, 4.69) is 10.6 Å². The molecule has 0 bridgehead atoms. The molecule has 1 aromatic rings. The lowest BCUT2D eigenvalue weighted by atomic mass is 9.82. The predicted molar refractivity (Wildman–Crippen MR) is 78.8 cm³/mol. The van der Waals surface area contributed by atoms with E-state index < -0.39 is 23.2 Å². The number of amides is 2. The lowest BCUT2D eigenvalue weighted by Gasteiger charge is -2.26. The maximum atomic E-state index is 13.2. The summed E-state index contributed by atoms with van der Waals surface area (Å²) in [6.45, 7) is 5.28. The molecule has 2 amide bonds. The summed E-state index contributed by atoms with van der Waals surface area (Å²) in [5, 5.41) is 14.3. The van der Waals surface area contributed by atoms with Crippen LogP contribution in [0.2, 0.25) is 0 Å². The molecule has 0 atom stereocenters. The van der Waals surface area contributed by atoms with Gasteiger partial charge in [-0.15, -0.1) is 0 Å². The number of hydrogen-bond acceptors (Lipinski definition) is 2. The highest BCUT2D eigenvalue weighted by molar-refractivity contribution is 5.89. The number of anilines is 1. The van der Waals surface area contributed by atoms with E-state index in [1.54, 1.807) is 26.8 Å². The molecule has 0 radical (unpaired) electrons. The molecule has 0 saturated carbocycles. The van der Waals surface area contributed by atoms with Gasteiger partial charge in [-0.2, -0.15) is 0 Å². The SMILES string of the molecule is CCC(CC)(CNC(=O)Nc1cc(C)cc(F)c1)C(=O)O. The van der Waals surface area contributed by atoms with Crippen LogP contribution in [0.3, 0.4) is 0 Å². The standard InChI is InChI=1S/C15H21FN2O3/c1-4-15(5-2,13(19)20)9-17-14(21)18-12-7-10(3)6-11(16)8-12/h6-8H,4-5,9H2,1-3H3,(H,19,20)(H2,17,18,21). The molecule has 3 N–H and O–H groups in total. The highest BCUT2D eigenvalue weighted by Gasteiger charge is 2.35. The van der Waals surface area contributed by atoms with Crippen LogP contribution in [-0.2, 0) is 4.79 Å². The van der Waals surface area contributed by atoms with Gasteiger partial charge in [0.1, 0.15) is 5.82 Å². The molecule has 0 aliphatic carbocycles. The monoisotopic (exact) mass is 296 g/mol. The lowest BCUT2D eigenvalue weighted by molar-refractivity contribution is -0.149. The van der Waals surface area contributed by atoms with E-state index in [0.717, 1.165) is 0 Å². The van der Waals surface area contributed by atoms with Crippen molar-refractivity contribution in [3.05, 3.63) is 29.6 Å². The molecule has 6 heteroatoms. The number of carbonyl (C=O) groups is 2.